The SMILES string of the molecule is CSCC[C@@H](C(=O)O)N1C(=O)/C(=C/C2=Cc3ccccc3OC2)SC1=S. The van der Waals surface area contributed by atoms with E-state index in [1.54, 1.807) is 6.08 Å². The van der Waals surface area contributed by atoms with Gasteiger partial charge in [0, 0.05) is 5.56 Å². The van der Waals surface area contributed by atoms with E-state index in [4.69, 9.17) is 17.0 Å². The first-order chi connectivity index (χ1) is 12.5. The highest BCUT2D eigenvalue weighted by atomic mass is 32.2. The maximum atomic E-state index is 12.8. The summed E-state index contributed by atoms with van der Waals surface area (Å²) >= 11 is 7.96. The molecule has 0 aliphatic carbocycles. The fraction of sp³-hybridized carbons (Fsp3) is 0.278. The Balaban J connectivity index is 1.83. The first-order valence-corrected chi connectivity index (χ1v) is 10.5. The summed E-state index contributed by atoms with van der Waals surface area (Å²) in [5.41, 5.74) is 1.80. The third-order valence-corrected chi connectivity index (χ3v) is 5.96. The lowest BCUT2D eigenvalue weighted by atomic mass is 10.1. The van der Waals surface area contributed by atoms with Crippen molar-refractivity contribution in [2.45, 2.75) is 12.5 Å². The normalized spacial score (nSPS) is 19.2. The second-order valence-corrected chi connectivity index (χ2v) is 8.39. The predicted molar refractivity (Wildman–Crippen MR) is 109 cm³/mol. The fourth-order valence-electron chi connectivity index (χ4n) is 2.73. The van der Waals surface area contributed by atoms with Gasteiger partial charge in [0.15, 0.2) is 0 Å². The largest absolute Gasteiger partial charge is 0.488 e. The lowest BCUT2D eigenvalue weighted by Gasteiger charge is -2.22. The van der Waals surface area contributed by atoms with Gasteiger partial charge in [-0.05, 0) is 42.2 Å². The van der Waals surface area contributed by atoms with Crippen LogP contribution in [0, 0.1) is 0 Å². The summed E-state index contributed by atoms with van der Waals surface area (Å²) in [4.78, 5) is 26.0. The molecule has 1 atom stereocenters. The number of carboxylic acid groups (broad SMARTS) is 1. The van der Waals surface area contributed by atoms with Crippen LogP contribution in [0.1, 0.15) is 12.0 Å². The molecule has 5 nitrogen and oxygen atoms in total. The minimum Gasteiger partial charge on any atom is -0.488 e. The van der Waals surface area contributed by atoms with Gasteiger partial charge in [0.2, 0.25) is 0 Å². The third kappa shape index (κ3) is 3.97. The monoisotopic (exact) mass is 407 g/mol. The molecule has 0 radical (unpaired) electrons. The second kappa shape index (κ2) is 8.28. The number of thioether (sulfide) groups is 2. The molecule has 0 bridgehead atoms. The van der Waals surface area contributed by atoms with E-state index in [0.29, 0.717) is 23.7 Å². The van der Waals surface area contributed by atoms with Crippen molar-refractivity contribution in [2.24, 2.45) is 0 Å². The summed E-state index contributed by atoms with van der Waals surface area (Å²) in [6.07, 6.45) is 5.96. The van der Waals surface area contributed by atoms with E-state index in [2.05, 4.69) is 0 Å². The Morgan fingerprint density at radius 1 is 1.50 bits per heavy atom. The molecule has 2 heterocycles. The maximum absolute atomic E-state index is 12.8. The number of carbonyl (C=O) groups excluding carboxylic acids is 1. The molecule has 1 amide bonds. The van der Waals surface area contributed by atoms with Crippen LogP contribution in [0.4, 0.5) is 0 Å². The smallest absolute Gasteiger partial charge is 0.326 e. The van der Waals surface area contributed by atoms with Crippen molar-refractivity contribution in [3.8, 4) is 5.75 Å². The molecule has 1 fully saturated rings. The Kier molecular flexibility index (Phi) is 6.05. The van der Waals surface area contributed by atoms with Crippen molar-refractivity contribution in [1.29, 1.82) is 0 Å². The van der Waals surface area contributed by atoms with Crippen molar-refractivity contribution in [2.75, 3.05) is 18.6 Å². The number of hydrogen-bond acceptors (Lipinski definition) is 6. The van der Waals surface area contributed by atoms with Gasteiger partial charge in [-0.25, -0.2) is 4.79 Å². The average molecular weight is 408 g/mol. The van der Waals surface area contributed by atoms with Crippen LogP contribution in [-0.2, 0) is 9.59 Å². The third-order valence-electron chi connectivity index (χ3n) is 3.99. The van der Waals surface area contributed by atoms with Crippen molar-refractivity contribution in [3.05, 3.63) is 46.4 Å². The number of aliphatic carboxylic acids is 1. The van der Waals surface area contributed by atoms with Crippen LogP contribution in [0.25, 0.3) is 6.08 Å². The van der Waals surface area contributed by atoms with Gasteiger partial charge in [0.05, 0.1) is 4.91 Å². The summed E-state index contributed by atoms with van der Waals surface area (Å²) < 4.78 is 5.98. The average Bonchev–Trinajstić information content (AvgIpc) is 2.89. The zero-order valence-corrected chi connectivity index (χ0v) is 16.5. The van der Waals surface area contributed by atoms with Gasteiger partial charge in [-0.1, -0.05) is 42.2 Å². The van der Waals surface area contributed by atoms with E-state index in [-0.39, 0.29) is 10.2 Å². The number of thiocarbonyl (C=S) groups is 1. The van der Waals surface area contributed by atoms with Gasteiger partial charge in [-0.2, -0.15) is 11.8 Å². The van der Waals surface area contributed by atoms with E-state index in [0.717, 1.165) is 28.6 Å². The molecule has 0 spiro atoms. The van der Waals surface area contributed by atoms with Gasteiger partial charge in [-0.3, -0.25) is 9.69 Å². The highest BCUT2D eigenvalue weighted by Gasteiger charge is 2.40. The van der Waals surface area contributed by atoms with E-state index < -0.39 is 12.0 Å². The van der Waals surface area contributed by atoms with Crippen molar-refractivity contribution < 1.29 is 19.4 Å². The molecule has 136 valence electrons. The van der Waals surface area contributed by atoms with Crippen molar-refractivity contribution >= 4 is 58.0 Å². The van der Waals surface area contributed by atoms with Gasteiger partial charge in [0.1, 0.15) is 22.7 Å². The highest BCUT2D eigenvalue weighted by Crippen LogP contribution is 2.35. The molecular weight excluding hydrogens is 390 g/mol. The molecule has 1 saturated heterocycles. The minimum atomic E-state index is -1.04. The minimum absolute atomic E-state index is 0.285. The molecule has 26 heavy (non-hydrogen) atoms. The summed E-state index contributed by atoms with van der Waals surface area (Å²) in [6, 6.07) is 6.73. The van der Waals surface area contributed by atoms with Crippen molar-refractivity contribution in [3.63, 3.8) is 0 Å². The van der Waals surface area contributed by atoms with Crippen LogP contribution in [0.3, 0.4) is 0 Å². The fourth-order valence-corrected chi connectivity index (χ4v) is 4.56. The van der Waals surface area contributed by atoms with Gasteiger partial charge in [0.25, 0.3) is 5.91 Å². The number of carbonyl (C=O) groups is 2. The second-order valence-electron chi connectivity index (χ2n) is 5.73. The number of amides is 1. The summed E-state index contributed by atoms with van der Waals surface area (Å²) in [6.45, 7) is 0.357. The molecule has 0 saturated carbocycles. The first kappa shape index (κ1) is 19.0. The van der Waals surface area contributed by atoms with Gasteiger partial charge >= 0.3 is 5.97 Å². The number of nitrogens with zero attached hydrogens (tertiary/aromatic N) is 1. The lowest BCUT2D eigenvalue weighted by molar-refractivity contribution is -0.145. The molecule has 0 unspecified atom stereocenters. The molecule has 8 heteroatoms. The Morgan fingerprint density at radius 2 is 2.27 bits per heavy atom. The van der Waals surface area contributed by atoms with Crippen molar-refractivity contribution in [1.82, 2.24) is 4.90 Å². The van der Waals surface area contributed by atoms with E-state index >= 15 is 0 Å². The number of hydrogen-bond donors (Lipinski definition) is 1. The Morgan fingerprint density at radius 3 is 3.00 bits per heavy atom. The van der Waals surface area contributed by atoms with Crippen LogP contribution in [0.5, 0.6) is 5.75 Å². The van der Waals surface area contributed by atoms with Crippen LogP contribution in [0.15, 0.2) is 40.8 Å². The molecule has 1 N–H and O–H groups in total. The van der Waals surface area contributed by atoms with E-state index in [1.165, 1.54) is 16.7 Å². The van der Waals surface area contributed by atoms with E-state index in [9.17, 15) is 14.7 Å². The molecule has 2 aliphatic heterocycles. The summed E-state index contributed by atoms with van der Waals surface area (Å²) in [5, 5.41) is 9.49. The van der Waals surface area contributed by atoms with E-state index in [1.807, 2.05) is 36.6 Å². The number of benzene rings is 1. The maximum Gasteiger partial charge on any atom is 0.326 e. The Bertz CT molecular complexity index is 818. The van der Waals surface area contributed by atoms with Gasteiger partial charge < -0.3 is 9.84 Å². The molecule has 2 aliphatic rings. The summed E-state index contributed by atoms with van der Waals surface area (Å²) in [5.74, 6) is 0.0577. The number of para-hydroxylation sites is 1. The highest BCUT2D eigenvalue weighted by molar-refractivity contribution is 8.26. The molecule has 3 rings (SSSR count). The lowest BCUT2D eigenvalue weighted by Crippen LogP contribution is -2.44. The first-order valence-electron chi connectivity index (χ1n) is 7.92. The number of rotatable bonds is 6. The number of ether oxygens (including phenoxy) is 1. The topological polar surface area (TPSA) is 66.8 Å². The predicted octanol–water partition coefficient (Wildman–Crippen LogP) is 3.41. The van der Waals surface area contributed by atoms with Crippen LogP contribution >= 0.6 is 35.7 Å². The zero-order chi connectivity index (χ0) is 18.7. The molecule has 1 aromatic carbocycles. The molecule has 0 aromatic heterocycles. The molecular formula is C18H17NO4S3. The number of carboxylic acids is 1. The standard InChI is InChI=1S/C18H17NO4S3/c1-25-7-6-13(17(21)22)19-16(20)15(26-18(19)24)9-11-8-12-4-2-3-5-14(12)23-10-11/h2-5,8-9,13H,6-7,10H2,1H3,(H,21,22)/b15-9-/t13-/m0/s1. The van der Waals surface area contributed by atoms with Gasteiger partial charge in [-0.15, -0.1) is 0 Å². The molecule has 1 aromatic rings. The summed E-state index contributed by atoms with van der Waals surface area (Å²) in [7, 11) is 0. The Labute approximate surface area is 165 Å². The van der Waals surface area contributed by atoms with Crippen LogP contribution in [0.2, 0.25) is 0 Å². The number of fused-ring (bicyclic) bond motifs is 1. The quantitative estimate of drug-likeness (QED) is 0.572. The zero-order valence-electron chi connectivity index (χ0n) is 14.0. The van der Waals surface area contributed by atoms with Crippen LogP contribution < -0.4 is 4.74 Å². The Hall–Kier alpha value is -1.77. The van der Waals surface area contributed by atoms with Crippen LogP contribution in [-0.4, -0.2) is 50.9 Å².